The molecule has 1 fully saturated rings. The van der Waals surface area contributed by atoms with Crippen molar-refractivity contribution in [1.82, 2.24) is 0 Å². The highest BCUT2D eigenvalue weighted by Gasteiger charge is 2.20. The Morgan fingerprint density at radius 2 is 1.75 bits per heavy atom. The molecule has 0 aromatic carbocycles. The van der Waals surface area contributed by atoms with Crippen molar-refractivity contribution in [2.45, 2.75) is 37.8 Å². The Bertz CT molecular complexity index is 146. The number of rotatable bonds is 1. The molecule has 0 radical (unpaired) electrons. The van der Waals surface area contributed by atoms with E-state index in [0.717, 1.165) is 25.7 Å². The van der Waals surface area contributed by atoms with Crippen molar-refractivity contribution in [3.05, 3.63) is 0 Å². The van der Waals surface area contributed by atoms with E-state index in [1.54, 1.807) is 0 Å². The van der Waals surface area contributed by atoms with Crippen LogP contribution in [0.2, 0.25) is 0 Å². The summed E-state index contributed by atoms with van der Waals surface area (Å²) >= 11 is 0. The minimum atomic E-state index is -0.675. The standard InChI is InChI=1S/C7H14N2O2.ClH/c8-5-1-3-6(4-2-5)11-7(9)10;/h5-6H,1-4,8H2,(H2,9,10);1H/t5-,6-;. The maximum absolute atomic E-state index is 10.3. The lowest BCUT2D eigenvalue weighted by Gasteiger charge is -2.24. The molecule has 0 bridgehead atoms. The minimum absolute atomic E-state index is 0. The van der Waals surface area contributed by atoms with Crippen LogP contribution < -0.4 is 11.5 Å². The van der Waals surface area contributed by atoms with Crippen molar-refractivity contribution in [2.75, 3.05) is 0 Å². The Hall–Kier alpha value is -0.480. The molecule has 0 aromatic rings. The molecule has 4 N–H and O–H groups in total. The van der Waals surface area contributed by atoms with E-state index in [9.17, 15) is 4.79 Å². The molecule has 5 heteroatoms. The molecule has 0 spiro atoms. The molecule has 4 nitrogen and oxygen atoms in total. The van der Waals surface area contributed by atoms with Gasteiger partial charge in [-0.05, 0) is 25.7 Å². The van der Waals surface area contributed by atoms with Crippen LogP contribution in [0.3, 0.4) is 0 Å². The van der Waals surface area contributed by atoms with Crippen LogP contribution in [0, 0.1) is 0 Å². The third-order valence-electron chi connectivity index (χ3n) is 2.00. The molecular formula is C7H15ClN2O2. The van der Waals surface area contributed by atoms with Crippen LogP contribution in [-0.2, 0) is 4.74 Å². The highest BCUT2D eigenvalue weighted by atomic mass is 35.5. The third-order valence-corrected chi connectivity index (χ3v) is 2.00. The van der Waals surface area contributed by atoms with Gasteiger partial charge < -0.3 is 16.2 Å². The molecular weight excluding hydrogens is 180 g/mol. The van der Waals surface area contributed by atoms with E-state index in [1.165, 1.54) is 0 Å². The summed E-state index contributed by atoms with van der Waals surface area (Å²) in [6.07, 6.45) is 2.89. The zero-order chi connectivity index (χ0) is 8.27. The Morgan fingerprint density at radius 3 is 2.17 bits per heavy atom. The molecule has 0 saturated heterocycles. The van der Waals surface area contributed by atoms with E-state index in [4.69, 9.17) is 16.2 Å². The van der Waals surface area contributed by atoms with Gasteiger partial charge in [0, 0.05) is 6.04 Å². The monoisotopic (exact) mass is 194 g/mol. The first-order valence-corrected chi connectivity index (χ1v) is 3.90. The first-order valence-electron chi connectivity index (χ1n) is 3.90. The zero-order valence-corrected chi connectivity index (χ0v) is 7.68. The maximum atomic E-state index is 10.3. The summed E-state index contributed by atoms with van der Waals surface area (Å²) in [5.41, 5.74) is 10.5. The van der Waals surface area contributed by atoms with Gasteiger partial charge in [0.05, 0.1) is 0 Å². The summed E-state index contributed by atoms with van der Waals surface area (Å²) in [6.45, 7) is 0. The fourth-order valence-electron chi connectivity index (χ4n) is 1.37. The van der Waals surface area contributed by atoms with Crippen LogP contribution in [-0.4, -0.2) is 18.2 Å². The van der Waals surface area contributed by atoms with Gasteiger partial charge in [-0.1, -0.05) is 0 Å². The molecule has 1 rings (SSSR count). The first kappa shape index (κ1) is 11.5. The molecule has 0 atom stereocenters. The van der Waals surface area contributed by atoms with E-state index in [2.05, 4.69) is 0 Å². The normalized spacial score (nSPS) is 28.8. The molecule has 12 heavy (non-hydrogen) atoms. The molecule has 72 valence electrons. The van der Waals surface area contributed by atoms with Crippen molar-refractivity contribution < 1.29 is 9.53 Å². The van der Waals surface area contributed by atoms with Crippen molar-refractivity contribution in [3.63, 3.8) is 0 Å². The van der Waals surface area contributed by atoms with Gasteiger partial charge in [-0.15, -0.1) is 12.4 Å². The van der Waals surface area contributed by atoms with E-state index < -0.39 is 6.09 Å². The maximum Gasteiger partial charge on any atom is 0.404 e. The fourth-order valence-corrected chi connectivity index (χ4v) is 1.37. The van der Waals surface area contributed by atoms with Crippen molar-refractivity contribution >= 4 is 18.5 Å². The topological polar surface area (TPSA) is 78.3 Å². The molecule has 1 aliphatic carbocycles. The molecule has 1 aliphatic rings. The fraction of sp³-hybridized carbons (Fsp3) is 0.857. The number of primary amides is 1. The average molecular weight is 195 g/mol. The van der Waals surface area contributed by atoms with Gasteiger partial charge in [0.1, 0.15) is 6.10 Å². The number of amides is 1. The lowest BCUT2D eigenvalue weighted by atomic mass is 9.94. The SMILES string of the molecule is Cl.NC(=O)O[C@H]1CC[C@H](N)CC1. The molecule has 1 amide bonds. The van der Waals surface area contributed by atoms with E-state index >= 15 is 0 Å². The number of halogens is 1. The van der Waals surface area contributed by atoms with Crippen molar-refractivity contribution in [3.8, 4) is 0 Å². The van der Waals surface area contributed by atoms with Crippen LogP contribution in [0.4, 0.5) is 4.79 Å². The van der Waals surface area contributed by atoms with Crippen LogP contribution in [0.15, 0.2) is 0 Å². The summed E-state index contributed by atoms with van der Waals surface area (Å²) in [5.74, 6) is 0. The second-order valence-corrected chi connectivity index (χ2v) is 2.97. The molecule has 0 aromatic heterocycles. The van der Waals surface area contributed by atoms with Crippen LogP contribution >= 0.6 is 12.4 Å². The second kappa shape index (κ2) is 5.22. The quantitative estimate of drug-likeness (QED) is 0.648. The zero-order valence-electron chi connectivity index (χ0n) is 6.86. The summed E-state index contributed by atoms with van der Waals surface area (Å²) in [6, 6.07) is 0.280. The highest BCUT2D eigenvalue weighted by molar-refractivity contribution is 5.85. The third kappa shape index (κ3) is 3.78. The van der Waals surface area contributed by atoms with Gasteiger partial charge in [0.15, 0.2) is 0 Å². The predicted octanol–water partition coefficient (Wildman–Crippen LogP) is 0.773. The van der Waals surface area contributed by atoms with Gasteiger partial charge in [0.25, 0.3) is 0 Å². The molecule has 0 aliphatic heterocycles. The van der Waals surface area contributed by atoms with Gasteiger partial charge in [-0.3, -0.25) is 0 Å². The van der Waals surface area contributed by atoms with Gasteiger partial charge >= 0.3 is 6.09 Å². The smallest absolute Gasteiger partial charge is 0.404 e. The van der Waals surface area contributed by atoms with E-state index in [-0.39, 0.29) is 24.6 Å². The van der Waals surface area contributed by atoms with E-state index in [0.29, 0.717) is 0 Å². The number of carbonyl (C=O) groups is 1. The van der Waals surface area contributed by atoms with Gasteiger partial charge in [0.2, 0.25) is 0 Å². The largest absolute Gasteiger partial charge is 0.446 e. The van der Waals surface area contributed by atoms with Crippen molar-refractivity contribution in [1.29, 1.82) is 0 Å². The summed E-state index contributed by atoms with van der Waals surface area (Å²) < 4.78 is 4.82. The Balaban J connectivity index is 0.00000121. The Labute approximate surface area is 78.0 Å². The average Bonchev–Trinajstić information content (AvgIpc) is 1.93. The van der Waals surface area contributed by atoms with Gasteiger partial charge in [-0.2, -0.15) is 0 Å². The summed E-state index contributed by atoms with van der Waals surface area (Å²) in [5, 5.41) is 0. The number of carbonyl (C=O) groups excluding carboxylic acids is 1. The number of hydrogen-bond donors (Lipinski definition) is 2. The van der Waals surface area contributed by atoms with Crippen LogP contribution in [0.25, 0.3) is 0 Å². The Morgan fingerprint density at radius 1 is 1.25 bits per heavy atom. The second-order valence-electron chi connectivity index (χ2n) is 2.97. The lowest BCUT2D eigenvalue weighted by molar-refractivity contribution is 0.0791. The molecule has 1 saturated carbocycles. The van der Waals surface area contributed by atoms with Crippen molar-refractivity contribution in [2.24, 2.45) is 11.5 Å². The number of ether oxygens (including phenoxy) is 1. The summed E-state index contributed by atoms with van der Waals surface area (Å²) in [7, 11) is 0. The minimum Gasteiger partial charge on any atom is -0.446 e. The predicted molar refractivity (Wildman–Crippen MR) is 48.1 cm³/mol. The Kier molecular flexibility index (Phi) is 5.01. The summed E-state index contributed by atoms with van der Waals surface area (Å²) in [4.78, 5) is 10.3. The highest BCUT2D eigenvalue weighted by Crippen LogP contribution is 2.19. The molecule has 0 unspecified atom stereocenters. The first-order chi connectivity index (χ1) is 5.18. The van der Waals surface area contributed by atoms with Crippen LogP contribution in [0.1, 0.15) is 25.7 Å². The molecule has 0 heterocycles. The number of hydrogen-bond acceptors (Lipinski definition) is 3. The number of nitrogens with two attached hydrogens (primary N) is 2. The van der Waals surface area contributed by atoms with Crippen LogP contribution in [0.5, 0.6) is 0 Å². The van der Waals surface area contributed by atoms with E-state index in [1.807, 2.05) is 0 Å². The lowest BCUT2D eigenvalue weighted by Crippen LogP contribution is -2.32. The van der Waals surface area contributed by atoms with Gasteiger partial charge in [-0.25, -0.2) is 4.79 Å².